The van der Waals surface area contributed by atoms with E-state index in [4.69, 9.17) is 4.74 Å². The van der Waals surface area contributed by atoms with Crippen LogP contribution in [0.5, 0.6) is 11.5 Å². The smallest absolute Gasteiger partial charge is 0.201 e. The average Bonchev–Trinajstić information content (AvgIpc) is 2.74. The minimum Gasteiger partial charge on any atom is -0.505 e. The van der Waals surface area contributed by atoms with Gasteiger partial charge in [-0.15, -0.1) is 0 Å². The topological polar surface area (TPSA) is 49.7 Å². The molecule has 0 spiro atoms. The van der Waals surface area contributed by atoms with E-state index in [0.717, 1.165) is 6.07 Å². The summed E-state index contributed by atoms with van der Waals surface area (Å²) in [6.45, 7) is 1.74. The Labute approximate surface area is 171 Å². The molecule has 3 aromatic carbocycles. The van der Waals surface area contributed by atoms with Gasteiger partial charge in [-0.3, -0.25) is 0 Å². The van der Waals surface area contributed by atoms with Gasteiger partial charge in [-0.25, -0.2) is 8.78 Å². The van der Waals surface area contributed by atoms with E-state index in [-0.39, 0.29) is 23.5 Å². The molecule has 0 aliphatic carbocycles. The molecule has 0 heterocycles. The quantitative estimate of drug-likeness (QED) is 0.459. The largest absolute Gasteiger partial charge is 0.505 e. The van der Waals surface area contributed by atoms with Gasteiger partial charge in [-0.2, -0.15) is 8.78 Å². The van der Waals surface area contributed by atoms with Gasteiger partial charge in [0.25, 0.3) is 0 Å². The lowest BCUT2D eigenvalue weighted by Crippen LogP contribution is -2.05. The first kappa shape index (κ1) is 21.6. The minimum absolute atomic E-state index is 0.0212. The Morgan fingerprint density at radius 3 is 2.20 bits per heavy atom. The highest BCUT2D eigenvalue weighted by molar-refractivity contribution is 5.65. The number of phenolic OH excluding ortho intramolecular Hbond substituents is 1. The summed E-state index contributed by atoms with van der Waals surface area (Å²) >= 11 is 0. The molecular formula is C23H20F4O3. The van der Waals surface area contributed by atoms with Gasteiger partial charge in [-0.1, -0.05) is 37.6 Å². The Morgan fingerprint density at radius 2 is 1.53 bits per heavy atom. The minimum atomic E-state index is -1.33. The Kier molecular flexibility index (Phi) is 6.62. The van der Waals surface area contributed by atoms with E-state index in [9.17, 15) is 27.8 Å². The molecule has 0 amide bonds. The molecule has 7 heteroatoms. The molecule has 2 N–H and O–H groups in total. The number of halogens is 4. The molecule has 3 aromatic rings. The van der Waals surface area contributed by atoms with Gasteiger partial charge >= 0.3 is 0 Å². The van der Waals surface area contributed by atoms with E-state index < -0.39 is 35.1 Å². The van der Waals surface area contributed by atoms with Crippen molar-refractivity contribution >= 4 is 0 Å². The van der Waals surface area contributed by atoms with Crippen molar-refractivity contribution in [3.05, 3.63) is 82.9 Å². The Bertz CT molecular complexity index is 1040. The van der Waals surface area contributed by atoms with Crippen LogP contribution in [0, 0.1) is 23.3 Å². The fourth-order valence-corrected chi connectivity index (χ4v) is 3.05. The summed E-state index contributed by atoms with van der Waals surface area (Å²) in [5, 5.41) is 19.1. The van der Waals surface area contributed by atoms with Crippen LogP contribution in [0.15, 0.2) is 48.5 Å². The maximum absolute atomic E-state index is 14.3. The van der Waals surface area contributed by atoms with Crippen LogP contribution in [0.25, 0.3) is 11.1 Å². The molecular weight excluding hydrogens is 400 g/mol. The number of phenols is 1. The third-order valence-electron chi connectivity index (χ3n) is 4.72. The van der Waals surface area contributed by atoms with E-state index in [1.54, 1.807) is 12.1 Å². The second-order valence-electron chi connectivity index (χ2n) is 6.83. The zero-order chi connectivity index (χ0) is 21.8. The number of aliphatic hydroxyl groups is 1. The van der Waals surface area contributed by atoms with Crippen LogP contribution in [0.4, 0.5) is 17.6 Å². The molecule has 0 aromatic heterocycles. The molecule has 1 atom stereocenters. The van der Waals surface area contributed by atoms with Crippen LogP contribution < -0.4 is 4.74 Å². The Morgan fingerprint density at radius 1 is 0.833 bits per heavy atom. The number of hydrogen-bond donors (Lipinski definition) is 2. The lowest BCUT2D eigenvalue weighted by molar-refractivity contribution is 0.160. The third-order valence-corrected chi connectivity index (χ3v) is 4.72. The summed E-state index contributed by atoms with van der Waals surface area (Å²) in [7, 11) is 0. The molecule has 30 heavy (non-hydrogen) atoms. The highest BCUT2D eigenvalue weighted by atomic mass is 19.2. The maximum Gasteiger partial charge on any atom is 0.201 e. The van der Waals surface area contributed by atoms with E-state index in [2.05, 4.69) is 0 Å². The van der Waals surface area contributed by atoms with Crippen molar-refractivity contribution in [3.63, 3.8) is 0 Å². The van der Waals surface area contributed by atoms with Gasteiger partial charge in [0.2, 0.25) is 11.6 Å². The lowest BCUT2D eigenvalue weighted by atomic mass is 10.0. The van der Waals surface area contributed by atoms with Crippen LogP contribution in [0.2, 0.25) is 0 Å². The molecule has 3 nitrogen and oxygen atoms in total. The van der Waals surface area contributed by atoms with Crippen molar-refractivity contribution in [2.45, 2.75) is 32.5 Å². The fraction of sp³-hybridized carbons (Fsp3) is 0.217. The second-order valence-corrected chi connectivity index (χ2v) is 6.83. The summed E-state index contributed by atoms with van der Waals surface area (Å²) in [6.07, 6.45) is -0.151. The van der Waals surface area contributed by atoms with Gasteiger partial charge < -0.3 is 14.9 Å². The number of benzene rings is 3. The van der Waals surface area contributed by atoms with Crippen LogP contribution in [-0.2, 0) is 6.61 Å². The maximum atomic E-state index is 14.3. The first-order chi connectivity index (χ1) is 14.3. The van der Waals surface area contributed by atoms with Gasteiger partial charge in [0.05, 0.1) is 6.10 Å². The lowest BCUT2D eigenvalue weighted by Gasteiger charge is -2.14. The van der Waals surface area contributed by atoms with Crippen molar-refractivity contribution in [2.75, 3.05) is 0 Å². The first-order valence-electron chi connectivity index (χ1n) is 9.38. The molecule has 0 fully saturated rings. The summed E-state index contributed by atoms with van der Waals surface area (Å²) in [5.74, 6) is -5.89. The predicted molar refractivity (Wildman–Crippen MR) is 104 cm³/mol. The van der Waals surface area contributed by atoms with Crippen LogP contribution in [0.3, 0.4) is 0 Å². The van der Waals surface area contributed by atoms with Gasteiger partial charge in [-0.05, 0) is 41.8 Å². The molecule has 1 unspecified atom stereocenters. The summed E-state index contributed by atoms with van der Waals surface area (Å²) in [5.41, 5.74) is 0.830. The Hall–Kier alpha value is -3.06. The average molecular weight is 420 g/mol. The SMILES string of the molecule is CCCC(O)c1ccc(OCc2ccc(-c3ccc(O)c(F)c3F)cc2)c(F)c1F. The van der Waals surface area contributed by atoms with Crippen LogP contribution in [0.1, 0.15) is 37.0 Å². The second kappa shape index (κ2) is 9.17. The highest BCUT2D eigenvalue weighted by Crippen LogP contribution is 2.31. The van der Waals surface area contributed by atoms with Crippen molar-refractivity contribution in [2.24, 2.45) is 0 Å². The fourth-order valence-electron chi connectivity index (χ4n) is 3.05. The molecule has 158 valence electrons. The highest BCUT2D eigenvalue weighted by Gasteiger charge is 2.19. The number of aromatic hydroxyl groups is 1. The normalized spacial score (nSPS) is 12.1. The Balaban J connectivity index is 1.73. The van der Waals surface area contributed by atoms with Crippen molar-refractivity contribution in [1.29, 1.82) is 0 Å². The number of hydrogen-bond acceptors (Lipinski definition) is 3. The molecule has 3 rings (SSSR count). The summed E-state index contributed by atoms with van der Waals surface area (Å²) < 4.78 is 61.3. The first-order valence-corrected chi connectivity index (χ1v) is 9.38. The van der Waals surface area contributed by atoms with Crippen molar-refractivity contribution in [1.82, 2.24) is 0 Å². The van der Waals surface area contributed by atoms with Gasteiger partial charge in [0.15, 0.2) is 23.1 Å². The molecule has 0 aliphatic heterocycles. The molecule has 0 bridgehead atoms. The van der Waals surface area contributed by atoms with E-state index in [0.29, 0.717) is 24.0 Å². The van der Waals surface area contributed by atoms with Gasteiger partial charge in [0.1, 0.15) is 6.61 Å². The molecule has 0 aliphatic rings. The van der Waals surface area contributed by atoms with E-state index >= 15 is 0 Å². The predicted octanol–water partition coefficient (Wildman–Crippen LogP) is 6.03. The standard InChI is InChI=1S/C23H20F4O3/c1-2-3-17(28)16-9-11-19(23(27)21(16)25)30-12-13-4-6-14(7-5-13)15-8-10-18(29)22(26)20(15)24/h4-11,17,28-29H,2-3,12H2,1H3. The van der Waals surface area contributed by atoms with Crippen molar-refractivity contribution < 1.29 is 32.5 Å². The van der Waals surface area contributed by atoms with E-state index in [1.807, 2.05) is 6.92 Å². The number of rotatable bonds is 7. The number of aliphatic hydroxyl groups excluding tert-OH is 1. The van der Waals surface area contributed by atoms with E-state index in [1.165, 1.54) is 30.3 Å². The van der Waals surface area contributed by atoms with Crippen molar-refractivity contribution in [3.8, 4) is 22.6 Å². The summed E-state index contributed by atoms with van der Waals surface area (Å²) in [4.78, 5) is 0. The zero-order valence-electron chi connectivity index (χ0n) is 16.1. The molecule has 0 saturated carbocycles. The van der Waals surface area contributed by atoms with Gasteiger partial charge in [0, 0.05) is 11.1 Å². The van der Waals surface area contributed by atoms with Crippen LogP contribution >= 0.6 is 0 Å². The molecule has 0 saturated heterocycles. The molecule has 0 radical (unpaired) electrons. The third kappa shape index (κ3) is 4.41. The monoisotopic (exact) mass is 420 g/mol. The summed E-state index contributed by atoms with van der Waals surface area (Å²) in [6, 6.07) is 11.1. The number of ether oxygens (including phenoxy) is 1. The van der Waals surface area contributed by atoms with Crippen LogP contribution in [-0.4, -0.2) is 10.2 Å². The zero-order valence-corrected chi connectivity index (χ0v) is 16.1.